The van der Waals surface area contributed by atoms with Crippen molar-refractivity contribution < 1.29 is 9.13 Å². The molecule has 0 N–H and O–H groups in total. The first-order valence-electron chi connectivity index (χ1n) is 11.4. The number of hydrogen-bond acceptors (Lipinski definition) is 2. The summed E-state index contributed by atoms with van der Waals surface area (Å²) in [5.41, 5.74) is 3.98. The van der Waals surface area contributed by atoms with Crippen LogP contribution in [0.1, 0.15) is 69.1 Å². The summed E-state index contributed by atoms with van der Waals surface area (Å²) in [6.07, 6.45) is 8.55. The molecule has 158 valence electrons. The van der Waals surface area contributed by atoms with Gasteiger partial charge in [-0.05, 0) is 72.7 Å². The zero-order chi connectivity index (χ0) is 20.5. The van der Waals surface area contributed by atoms with E-state index < -0.39 is 0 Å². The van der Waals surface area contributed by atoms with E-state index in [9.17, 15) is 4.39 Å². The van der Waals surface area contributed by atoms with Crippen LogP contribution in [0.25, 0.3) is 0 Å². The number of rotatable bonds is 10. The second-order valence-electron chi connectivity index (χ2n) is 8.45. The Kier molecular flexibility index (Phi) is 8.54. The molecule has 0 bridgehead atoms. The van der Waals surface area contributed by atoms with Gasteiger partial charge in [-0.15, -0.1) is 0 Å². The molecule has 2 aromatic carbocycles. The van der Waals surface area contributed by atoms with Crippen LogP contribution in [0.4, 0.5) is 4.39 Å². The maximum atomic E-state index is 13.1. The van der Waals surface area contributed by atoms with E-state index >= 15 is 0 Å². The molecule has 1 heterocycles. The van der Waals surface area contributed by atoms with Gasteiger partial charge in [0.25, 0.3) is 0 Å². The summed E-state index contributed by atoms with van der Waals surface area (Å²) in [5.74, 6) is 1.64. The monoisotopic (exact) mass is 397 g/mol. The van der Waals surface area contributed by atoms with Crippen molar-refractivity contribution in [2.45, 2.75) is 71.9 Å². The van der Waals surface area contributed by atoms with Gasteiger partial charge < -0.3 is 4.74 Å². The van der Waals surface area contributed by atoms with Crippen LogP contribution >= 0.6 is 0 Å². The molecule has 0 unspecified atom stereocenters. The lowest BCUT2D eigenvalue weighted by molar-refractivity contribution is 0.260. The molecule has 2 aromatic rings. The second kappa shape index (κ2) is 11.3. The number of hydrogen-bond donors (Lipinski definition) is 0. The number of aryl methyl sites for hydroxylation is 1. The minimum absolute atomic E-state index is 0.168. The normalized spacial score (nSPS) is 14.6. The summed E-state index contributed by atoms with van der Waals surface area (Å²) in [5, 5.41) is 0. The van der Waals surface area contributed by atoms with Gasteiger partial charge in [-0.1, -0.05) is 57.7 Å². The molecule has 0 spiro atoms. The van der Waals surface area contributed by atoms with Crippen LogP contribution in [0, 0.1) is 11.7 Å². The molecule has 1 aliphatic heterocycles. The molecule has 0 aromatic heterocycles. The summed E-state index contributed by atoms with van der Waals surface area (Å²) >= 11 is 0. The number of nitrogens with zero attached hydrogens (tertiary/aromatic N) is 1. The average Bonchev–Trinajstić information content (AvgIpc) is 2.91. The van der Waals surface area contributed by atoms with Gasteiger partial charge in [0.2, 0.25) is 0 Å². The third-order valence-corrected chi connectivity index (χ3v) is 6.00. The largest absolute Gasteiger partial charge is 0.494 e. The molecule has 0 fully saturated rings. The lowest BCUT2D eigenvalue weighted by atomic mass is 9.95. The van der Waals surface area contributed by atoms with Crippen molar-refractivity contribution in [3.05, 3.63) is 65.0 Å². The number of halogens is 1. The average molecular weight is 398 g/mol. The van der Waals surface area contributed by atoms with Crippen LogP contribution in [0.5, 0.6) is 5.75 Å². The Balaban J connectivity index is 1.55. The molecule has 0 saturated carbocycles. The minimum Gasteiger partial charge on any atom is -0.494 e. The minimum atomic E-state index is -0.168. The van der Waals surface area contributed by atoms with Crippen molar-refractivity contribution in [3.63, 3.8) is 0 Å². The van der Waals surface area contributed by atoms with Crippen molar-refractivity contribution in [3.8, 4) is 5.75 Å². The molecule has 0 aliphatic carbocycles. The van der Waals surface area contributed by atoms with E-state index in [2.05, 4.69) is 36.9 Å². The first-order valence-corrected chi connectivity index (χ1v) is 11.4. The van der Waals surface area contributed by atoms with Crippen LogP contribution in [0.2, 0.25) is 0 Å². The molecule has 0 atom stereocenters. The predicted molar refractivity (Wildman–Crippen MR) is 119 cm³/mol. The van der Waals surface area contributed by atoms with Crippen LogP contribution < -0.4 is 4.74 Å². The summed E-state index contributed by atoms with van der Waals surface area (Å²) in [6.45, 7) is 8.25. The van der Waals surface area contributed by atoms with Crippen LogP contribution in [-0.4, -0.2) is 18.1 Å². The highest BCUT2D eigenvalue weighted by molar-refractivity contribution is 5.36. The van der Waals surface area contributed by atoms with Gasteiger partial charge in [0, 0.05) is 13.1 Å². The van der Waals surface area contributed by atoms with Crippen molar-refractivity contribution in [2.24, 2.45) is 5.92 Å². The fraction of sp³-hybridized carbons (Fsp3) is 0.538. The Morgan fingerprint density at radius 3 is 2.45 bits per heavy atom. The first-order chi connectivity index (χ1) is 14.2. The van der Waals surface area contributed by atoms with Gasteiger partial charge in [0.1, 0.15) is 11.6 Å². The zero-order valence-electron chi connectivity index (χ0n) is 18.1. The number of fused-ring (bicyclic) bond motifs is 1. The topological polar surface area (TPSA) is 12.5 Å². The zero-order valence-corrected chi connectivity index (χ0v) is 18.1. The van der Waals surface area contributed by atoms with E-state index in [1.807, 2.05) is 12.1 Å². The Hall–Kier alpha value is -1.87. The van der Waals surface area contributed by atoms with Crippen molar-refractivity contribution in [2.75, 3.05) is 13.2 Å². The standard InChI is InChI=1S/C26H36FNO/c1-3-6-21(7-4-2)15-17-29-26-14-11-24-20-28(16-5-8-23(24)18-26)19-22-9-12-25(27)13-10-22/h9-14,18,21H,3-8,15-17,19-20H2,1-2H3. The van der Waals surface area contributed by atoms with E-state index in [1.165, 1.54) is 42.4 Å². The molecule has 3 heteroatoms. The van der Waals surface area contributed by atoms with Gasteiger partial charge in [-0.25, -0.2) is 4.39 Å². The summed E-state index contributed by atoms with van der Waals surface area (Å²) in [4.78, 5) is 2.46. The first kappa shape index (κ1) is 21.8. The molecule has 0 amide bonds. The van der Waals surface area contributed by atoms with Crippen LogP contribution in [0.3, 0.4) is 0 Å². The quantitative estimate of drug-likeness (QED) is 0.439. The van der Waals surface area contributed by atoms with Crippen molar-refractivity contribution in [1.82, 2.24) is 4.90 Å². The fourth-order valence-electron chi connectivity index (χ4n) is 4.47. The van der Waals surface area contributed by atoms with Crippen LogP contribution in [-0.2, 0) is 19.5 Å². The van der Waals surface area contributed by atoms with E-state index in [-0.39, 0.29) is 5.82 Å². The summed E-state index contributed by atoms with van der Waals surface area (Å²) < 4.78 is 19.3. The SMILES string of the molecule is CCCC(CCC)CCOc1ccc2c(c1)CCCN(Cc1ccc(F)cc1)C2. The fourth-order valence-corrected chi connectivity index (χ4v) is 4.47. The summed E-state index contributed by atoms with van der Waals surface area (Å²) in [7, 11) is 0. The van der Waals surface area contributed by atoms with Crippen LogP contribution in [0.15, 0.2) is 42.5 Å². The molecule has 1 aliphatic rings. The van der Waals surface area contributed by atoms with E-state index in [0.717, 1.165) is 57.2 Å². The molecule has 2 nitrogen and oxygen atoms in total. The highest BCUT2D eigenvalue weighted by Crippen LogP contribution is 2.25. The van der Waals surface area contributed by atoms with Gasteiger partial charge >= 0.3 is 0 Å². The highest BCUT2D eigenvalue weighted by atomic mass is 19.1. The van der Waals surface area contributed by atoms with E-state index in [1.54, 1.807) is 12.1 Å². The molecular formula is C26H36FNO. The van der Waals surface area contributed by atoms with E-state index in [0.29, 0.717) is 0 Å². The third kappa shape index (κ3) is 6.85. The Morgan fingerprint density at radius 1 is 0.966 bits per heavy atom. The Morgan fingerprint density at radius 2 is 1.72 bits per heavy atom. The lowest BCUT2D eigenvalue weighted by Gasteiger charge is -2.21. The molecule has 0 saturated heterocycles. The Bertz CT molecular complexity index is 737. The smallest absolute Gasteiger partial charge is 0.123 e. The maximum Gasteiger partial charge on any atom is 0.123 e. The second-order valence-corrected chi connectivity index (χ2v) is 8.45. The van der Waals surface area contributed by atoms with E-state index in [4.69, 9.17) is 4.74 Å². The van der Waals surface area contributed by atoms with Crippen molar-refractivity contribution in [1.29, 1.82) is 0 Å². The van der Waals surface area contributed by atoms with Gasteiger partial charge in [0.15, 0.2) is 0 Å². The maximum absolute atomic E-state index is 13.1. The predicted octanol–water partition coefficient (Wildman–Crippen LogP) is 6.76. The number of benzene rings is 2. The Labute approximate surface area is 176 Å². The molecule has 29 heavy (non-hydrogen) atoms. The van der Waals surface area contributed by atoms with Gasteiger partial charge in [0.05, 0.1) is 6.61 Å². The van der Waals surface area contributed by atoms with Crippen molar-refractivity contribution >= 4 is 0 Å². The number of ether oxygens (including phenoxy) is 1. The lowest BCUT2D eigenvalue weighted by Crippen LogP contribution is -2.22. The summed E-state index contributed by atoms with van der Waals surface area (Å²) in [6, 6.07) is 13.5. The third-order valence-electron chi connectivity index (χ3n) is 6.00. The van der Waals surface area contributed by atoms with Gasteiger partial charge in [-0.2, -0.15) is 0 Å². The molecular weight excluding hydrogens is 361 g/mol. The molecule has 3 rings (SSSR count). The highest BCUT2D eigenvalue weighted by Gasteiger charge is 2.16. The van der Waals surface area contributed by atoms with Gasteiger partial charge in [-0.3, -0.25) is 4.90 Å². The molecule has 0 radical (unpaired) electrons.